The fourth-order valence-corrected chi connectivity index (χ4v) is 1.82. The quantitative estimate of drug-likeness (QED) is 0.566. The lowest BCUT2D eigenvalue weighted by atomic mass is 10.1. The molecular weight excluding hydrogens is 180 g/mol. The van der Waals surface area contributed by atoms with Gasteiger partial charge in [-0.3, -0.25) is 0 Å². The standard InChI is InChI=1S/C9H20N4O/c1-11-9(14)12-8-3-2-5-13(7-8)6-4-10/h8H,2-7,10H2,1H3,(H2,11,12,14)/t8-/m1/s1. The fourth-order valence-electron chi connectivity index (χ4n) is 1.82. The molecule has 0 aromatic carbocycles. The minimum Gasteiger partial charge on any atom is -0.341 e. The van der Waals surface area contributed by atoms with Crippen LogP contribution in [-0.2, 0) is 0 Å². The molecule has 1 fully saturated rings. The summed E-state index contributed by atoms with van der Waals surface area (Å²) in [4.78, 5) is 13.4. The van der Waals surface area contributed by atoms with Crippen molar-refractivity contribution >= 4 is 6.03 Å². The highest BCUT2D eigenvalue weighted by Gasteiger charge is 2.19. The lowest BCUT2D eigenvalue weighted by Crippen LogP contribution is -2.50. The van der Waals surface area contributed by atoms with Crippen molar-refractivity contribution in [2.75, 3.05) is 33.2 Å². The highest BCUT2D eigenvalue weighted by molar-refractivity contribution is 5.73. The number of nitrogens with two attached hydrogens (primary N) is 1. The van der Waals surface area contributed by atoms with Crippen LogP contribution in [0.5, 0.6) is 0 Å². The van der Waals surface area contributed by atoms with Crippen LogP contribution in [-0.4, -0.2) is 50.2 Å². The summed E-state index contributed by atoms with van der Waals surface area (Å²) in [6.07, 6.45) is 2.20. The van der Waals surface area contributed by atoms with Crippen LogP contribution in [0, 0.1) is 0 Å². The molecule has 5 heteroatoms. The van der Waals surface area contributed by atoms with Crippen molar-refractivity contribution in [3.05, 3.63) is 0 Å². The molecule has 0 bridgehead atoms. The number of hydrogen-bond donors (Lipinski definition) is 3. The molecule has 1 saturated heterocycles. The van der Waals surface area contributed by atoms with Gasteiger partial charge in [-0.2, -0.15) is 0 Å². The molecule has 1 aliphatic rings. The van der Waals surface area contributed by atoms with Crippen molar-refractivity contribution < 1.29 is 4.79 Å². The van der Waals surface area contributed by atoms with Crippen molar-refractivity contribution in [3.8, 4) is 0 Å². The molecule has 1 heterocycles. The normalized spacial score (nSPS) is 23.1. The zero-order valence-corrected chi connectivity index (χ0v) is 8.75. The Bertz CT molecular complexity index is 184. The molecule has 5 nitrogen and oxygen atoms in total. The predicted molar refractivity (Wildman–Crippen MR) is 56.1 cm³/mol. The Balaban J connectivity index is 2.28. The van der Waals surface area contributed by atoms with Crippen LogP contribution in [0.2, 0.25) is 0 Å². The third kappa shape index (κ3) is 3.51. The third-order valence-electron chi connectivity index (χ3n) is 2.51. The number of rotatable bonds is 3. The van der Waals surface area contributed by atoms with Crippen molar-refractivity contribution in [2.45, 2.75) is 18.9 Å². The summed E-state index contributed by atoms with van der Waals surface area (Å²) in [5, 5.41) is 5.49. The Hall–Kier alpha value is -0.810. The van der Waals surface area contributed by atoms with Crippen LogP contribution >= 0.6 is 0 Å². The third-order valence-corrected chi connectivity index (χ3v) is 2.51. The van der Waals surface area contributed by atoms with E-state index in [0.29, 0.717) is 6.54 Å². The van der Waals surface area contributed by atoms with Crippen molar-refractivity contribution in [1.82, 2.24) is 15.5 Å². The molecule has 0 radical (unpaired) electrons. The first-order chi connectivity index (χ1) is 6.76. The van der Waals surface area contributed by atoms with Crippen LogP contribution in [0.25, 0.3) is 0 Å². The first-order valence-electron chi connectivity index (χ1n) is 5.17. The van der Waals surface area contributed by atoms with E-state index in [9.17, 15) is 4.79 Å². The van der Waals surface area contributed by atoms with Crippen LogP contribution in [0.4, 0.5) is 4.79 Å². The Kier molecular flexibility index (Phi) is 4.69. The lowest BCUT2D eigenvalue weighted by Gasteiger charge is -2.32. The number of carbonyl (C=O) groups is 1. The summed E-state index contributed by atoms with van der Waals surface area (Å²) >= 11 is 0. The largest absolute Gasteiger partial charge is 0.341 e. The van der Waals surface area contributed by atoms with E-state index < -0.39 is 0 Å². The molecule has 0 aliphatic carbocycles. The molecular formula is C9H20N4O. The SMILES string of the molecule is CNC(=O)N[C@@H]1CCCN(CCN)C1. The van der Waals surface area contributed by atoms with E-state index in [1.165, 1.54) is 0 Å². The van der Waals surface area contributed by atoms with E-state index in [-0.39, 0.29) is 12.1 Å². The smallest absolute Gasteiger partial charge is 0.314 e. The van der Waals surface area contributed by atoms with Gasteiger partial charge in [0.15, 0.2) is 0 Å². The number of nitrogens with zero attached hydrogens (tertiary/aromatic N) is 1. The van der Waals surface area contributed by atoms with Gasteiger partial charge >= 0.3 is 6.03 Å². The number of amides is 2. The Morgan fingerprint density at radius 2 is 2.43 bits per heavy atom. The number of hydrogen-bond acceptors (Lipinski definition) is 3. The van der Waals surface area contributed by atoms with Crippen LogP contribution in [0.15, 0.2) is 0 Å². The van der Waals surface area contributed by atoms with Crippen molar-refractivity contribution in [2.24, 2.45) is 5.73 Å². The molecule has 82 valence electrons. The Morgan fingerprint density at radius 3 is 3.07 bits per heavy atom. The zero-order valence-electron chi connectivity index (χ0n) is 8.75. The van der Waals surface area contributed by atoms with Gasteiger partial charge in [-0.05, 0) is 19.4 Å². The first kappa shape index (κ1) is 11.3. The molecule has 2 amide bonds. The van der Waals surface area contributed by atoms with Gasteiger partial charge < -0.3 is 21.3 Å². The van der Waals surface area contributed by atoms with Gasteiger partial charge in [0.25, 0.3) is 0 Å². The minimum absolute atomic E-state index is 0.0930. The molecule has 1 aliphatic heterocycles. The summed E-state index contributed by atoms with van der Waals surface area (Å²) in [5.74, 6) is 0. The summed E-state index contributed by atoms with van der Waals surface area (Å²) in [5.41, 5.74) is 5.49. The maximum Gasteiger partial charge on any atom is 0.314 e. The molecule has 1 rings (SSSR count). The van der Waals surface area contributed by atoms with E-state index in [2.05, 4.69) is 15.5 Å². The molecule has 1 atom stereocenters. The molecule has 4 N–H and O–H groups in total. The van der Waals surface area contributed by atoms with Gasteiger partial charge in [0.05, 0.1) is 0 Å². The molecule has 0 aromatic heterocycles. The number of nitrogens with one attached hydrogen (secondary N) is 2. The lowest BCUT2D eigenvalue weighted by molar-refractivity contribution is 0.190. The topological polar surface area (TPSA) is 70.4 Å². The monoisotopic (exact) mass is 200 g/mol. The second-order valence-electron chi connectivity index (χ2n) is 3.65. The van der Waals surface area contributed by atoms with Crippen LogP contribution < -0.4 is 16.4 Å². The number of piperidine rings is 1. The van der Waals surface area contributed by atoms with Gasteiger partial charge in [-0.1, -0.05) is 0 Å². The van der Waals surface area contributed by atoms with Crippen LogP contribution in [0.3, 0.4) is 0 Å². The average molecular weight is 200 g/mol. The van der Waals surface area contributed by atoms with Gasteiger partial charge in [0.2, 0.25) is 0 Å². The first-order valence-corrected chi connectivity index (χ1v) is 5.17. The highest BCUT2D eigenvalue weighted by Crippen LogP contribution is 2.08. The number of carbonyl (C=O) groups excluding carboxylic acids is 1. The molecule has 0 unspecified atom stereocenters. The van der Waals surface area contributed by atoms with Gasteiger partial charge in [-0.25, -0.2) is 4.79 Å². The number of likely N-dealkylation sites (tertiary alicyclic amines) is 1. The Morgan fingerprint density at radius 1 is 1.64 bits per heavy atom. The maximum atomic E-state index is 11.1. The summed E-state index contributed by atoms with van der Waals surface area (Å²) in [6, 6.07) is 0.180. The second-order valence-corrected chi connectivity index (χ2v) is 3.65. The van der Waals surface area contributed by atoms with E-state index >= 15 is 0 Å². The van der Waals surface area contributed by atoms with Gasteiger partial charge in [-0.15, -0.1) is 0 Å². The summed E-state index contributed by atoms with van der Waals surface area (Å²) in [6.45, 7) is 3.63. The Labute approximate surface area is 85.0 Å². The van der Waals surface area contributed by atoms with E-state index in [0.717, 1.165) is 32.5 Å². The second kappa shape index (κ2) is 5.82. The average Bonchev–Trinajstić information content (AvgIpc) is 2.19. The van der Waals surface area contributed by atoms with E-state index in [4.69, 9.17) is 5.73 Å². The molecule has 0 spiro atoms. The number of urea groups is 1. The van der Waals surface area contributed by atoms with Gasteiger partial charge in [0.1, 0.15) is 0 Å². The predicted octanol–water partition coefficient (Wildman–Crippen LogP) is -0.661. The molecule has 0 aromatic rings. The highest BCUT2D eigenvalue weighted by atomic mass is 16.2. The maximum absolute atomic E-state index is 11.1. The van der Waals surface area contributed by atoms with Crippen LogP contribution in [0.1, 0.15) is 12.8 Å². The van der Waals surface area contributed by atoms with Crippen molar-refractivity contribution in [3.63, 3.8) is 0 Å². The van der Waals surface area contributed by atoms with Gasteiger partial charge in [0, 0.05) is 32.7 Å². The fraction of sp³-hybridized carbons (Fsp3) is 0.889. The van der Waals surface area contributed by atoms with E-state index in [1.54, 1.807) is 7.05 Å². The molecule has 14 heavy (non-hydrogen) atoms. The minimum atomic E-state index is -0.0930. The zero-order chi connectivity index (χ0) is 10.4. The summed E-state index contributed by atoms with van der Waals surface area (Å²) in [7, 11) is 1.63. The summed E-state index contributed by atoms with van der Waals surface area (Å²) < 4.78 is 0. The molecule has 0 saturated carbocycles. The van der Waals surface area contributed by atoms with E-state index in [1.807, 2.05) is 0 Å². The van der Waals surface area contributed by atoms with Crippen molar-refractivity contribution in [1.29, 1.82) is 0 Å².